The molecule has 0 saturated heterocycles. The summed E-state index contributed by atoms with van der Waals surface area (Å²) in [7, 11) is 0. The summed E-state index contributed by atoms with van der Waals surface area (Å²) in [6, 6.07) is 0. The Labute approximate surface area is 225 Å². The second-order valence-electron chi connectivity index (χ2n) is 13.5. The average molecular weight is 497 g/mol. The first kappa shape index (κ1) is 29.7. The van der Waals surface area contributed by atoms with E-state index < -0.39 is 0 Å². The van der Waals surface area contributed by atoms with Gasteiger partial charge in [0.05, 0.1) is 6.61 Å². The second-order valence-corrected chi connectivity index (χ2v) is 13.5. The van der Waals surface area contributed by atoms with E-state index in [-0.39, 0.29) is 6.61 Å². The van der Waals surface area contributed by atoms with Crippen LogP contribution in [0, 0.1) is 41.4 Å². The van der Waals surface area contributed by atoms with Gasteiger partial charge in [0.25, 0.3) is 0 Å². The normalized spacial score (nSPS) is 32.4. The molecule has 3 aliphatic rings. The van der Waals surface area contributed by atoms with Gasteiger partial charge >= 0.3 is 0 Å². The third kappa shape index (κ3) is 10.5. The third-order valence-electron chi connectivity index (χ3n) is 10.3. The Kier molecular flexibility index (Phi) is 13.4. The molecule has 0 aromatic carbocycles. The van der Waals surface area contributed by atoms with E-state index >= 15 is 0 Å². The first-order valence-electron chi connectivity index (χ1n) is 16.1. The SMILES string of the molecule is C=C(C)CC(CCC1CCC(C2CCC(/C=C/C3CCC(CCCC)CC3)CC2)CC1)CC(=C)CO. The molecule has 36 heavy (non-hydrogen) atoms. The number of hydrogen-bond acceptors (Lipinski definition) is 1. The van der Waals surface area contributed by atoms with Crippen molar-refractivity contribution in [2.75, 3.05) is 6.61 Å². The van der Waals surface area contributed by atoms with Crippen LogP contribution in [0.15, 0.2) is 36.5 Å². The quantitative estimate of drug-likeness (QED) is 0.237. The van der Waals surface area contributed by atoms with Crippen LogP contribution in [0.1, 0.15) is 136 Å². The predicted molar refractivity (Wildman–Crippen MR) is 158 cm³/mol. The maximum atomic E-state index is 9.40. The van der Waals surface area contributed by atoms with Crippen LogP contribution in [-0.4, -0.2) is 11.7 Å². The van der Waals surface area contributed by atoms with Crippen molar-refractivity contribution < 1.29 is 5.11 Å². The molecule has 1 nitrogen and oxygen atoms in total. The van der Waals surface area contributed by atoms with Crippen molar-refractivity contribution in [3.63, 3.8) is 0 Å². The molecule has 0 spiro atoms. The molecule has 0 heterocycles. The number of aliphatic hydroxyl groups is 1. The number of rotatable bonds is 14. The lowest BCUT2D eigenvalue weighted by Crippen LogP contribution is -2.25. The van der Waals surface area contributed by atoms with Crippen LogP contribution in [0.3, 0.4) is 0 Å². The summed E-state index contributed by atoms with van der Waals surface area (Å²) in [5.41, 5.74) is 2.26. The first-order valence-corrected chi connectivity index (χ1v) is 16.1. The van der Waals surface area contributed by atoms with Crippen LogP contribution in [-0.2, 0) is 0 Å². The van der Waals surface area contributed by atoms with Crippen LogP contribution in [0.2, 0.25) is 0 Å². The van der Waals surface area contributed by atoms with E-state index in [0.29, 0.717) is 5.92 Å². The standard InChI is InChI=1S/C35H60O/c1-5-6-7-29-8-10-30(11-9-29)12-13-31-16-20-34(21-17-31)35-22-18-32(19-23-35)14-15-33(24-27(2)3)25-28(4)26-36/h12-13,29-36H,2,4-11,14-26H2,1,3H3/b13-12+. The van der Waals surface area contributed by atoms with Gasteiger partial charge in [0.1, 0.15) is 0 Å². The van der Waals surface area contributed by atoms with E-state index in [1.165, 1.54) is 115 Å². The van der Waals surface area contributed by atoms with Crippen molar-refractivity contribution in [1.82, 2.24) is 0 Å². The van der Waals surface area contributed by atoms with Gasteiger partial charge in [-0.15, -0.1) is 6.58 Å². The fourth-order valence-electron chi connectivity index (χ4n) is 7.95. The number of allylic oxidation sites excluding steroid dienone is 3. The molecule has 3 fully saturated rings. The Morgan fingerprint density at radius 2 is 1.25 bits per heavy atom. The van der Waals surface area contributed by atoms with Gasteiger partial charge in [-0.05, 0) is 132 Å². The van der Waals surface area contributed by atoms with Crippen LogP contribution in [0.25, 0.3) is 0 Å². The van der Waals surface area contributed by atoms with Gasteiger partial charge in [0, 0.05) is 0 Å². The Hall–Kier alpha value is -0.820. The highest BCUT2D eigenvalue weighted by atomic mass is 16.3. The van der Waals surface area contributed by atoms with Crippen molar-refractivity contribution in [2.24, 2.45) is 41.4 Å². The monoisotopic (exact) mass is 496 g/mol. The van der Waals surface area contributed by atoms with Crippen molar-refractivity contribution in [1.29, 1.82) is 0 Å². The molecule has 206 valence electrons. The molecular weight excluding hydrogens is 436 g/mol. The number of unbranched alkanes of at least 4 members (excludes halogenated alkanes) is 1. The largest absolute Gasteiger partial charge is 0.392 e. The van der Waals surface area contributed by atoms with Gasteiger partial charge in [-0.3, -0.25) is 0 Å². The van der Waals surface area contributed by atoms with E-state index in [0.717, 1.165) is 53.9 Å². The minimum Gasteiger partial charge on any atom is -0.392 e. The molecule has 3 rings (SSSR count). The lowest BCUT2D eigenvalue weighted by molar-refractivity contribution is 0.149. The average Bonchev–Trinajstić information content (AvgIpc) is 2.90. The molecule has 0 amide bonds. The molecule has 1 N–H and O–H groups in total. The molecule has 1 heteroatoms. The van der Waals surface area contributed by atoms with Crippen molar-refractivity contribution >= 4 is 0 Å². The van der Waals surface area contributed by atoms with Crippen LogP contribution < -0.4 is 0 Å². The molecule has 0 aromatic rings. The summed E-state index contributed by atoms with van der Waals surface area (Å²) < 4.78 is 0. The smallest absolute Gasteiger partial charge is 0.0639 e. The summed E-state index contributed by atoms with van der Waals surface area (Å²) >= 11 is 0. The van der Waals surface area contributed by atoms with E-state index in [1.54, 1.807) is 0 Å². The fourth-order valence-corrected chi connectivity index (χ4v) is 7.95. The van der Waals surface area contributed by atoms with Crippen LogP contribution in [0.4, 0.5) is 0 Å². The van der Waals surface area contributed by atoms with E-state index in [4.69, 9.17) is 0 Å². The van der Waals surface area contributed by atoms with Gasteiger partial charge in [-0.25, -0.2) is 0 Å². The highest BCUT2D eigenvalue weighted by molar-refractivity contribution is 5.00. The fraction of sp³-hybridized carbons (Fsp3) is 0.829. The molecule has 1 atom stereocenters. The first-order chi connectivity index (χ1) is 17.5. The van der Waals surface area contributed by atoms with Crippen molar-refractivity contribution in [2.45, 2.75) is 136 Å². The molecule has 0 radical (unpaired) electrons. The molecule has 3 saturated carbocycles. The molecule has 0 aromatic heterocycles. The van der Waals surface area contributed by atoms with Gasteiger partial charge < -0.3 is 5.11 Å². The van der Waals surface area contributed by atoms with Gasteiger partial charge in [0.2, 0.25) is 0 Å². The zero-order valence-electron chi connectivity index (χ0n) is 24.2. The zero-order chi connectivity index (χ0) is 25.8. The van der Waals surface area contributed by atoms with E-state index in [2.05, 4.69) is 39.2 Å². The summed E-state index contributed by atoms with van der Waals surface area (Å²) in [5.74, 6) is 6.34. The molecule has 1 unspecified atom stereocenters. The predicted octanol–water partition coefficient (Wildman–Crippen LogP) is 10.5. The number of hydrogen-bond donors (Lipinski definition) is 1. The molecule has 3 aliphatic carbocycles. The van der Waals surface area contributed by atoms with Crippen molar-refractivity contribution in [3.8, 4) is 0 Å². The summed E-state index contributed by atoms with van der Waals surface area (Å²) in [6.45, 7) is 12.8. The minimum absolute atomic E-state index is 0.135. The van der Waals surface area contributed by atoms with E-state index in [1.807, 2.05) is 0 Å². The van der Waals surface area contributed by atoms with Crippen molar-refractivity contribution in [3.05, 3.63) is 36.5 Å². The Balaban J connectivity index is 1.30. The highest BCUT2D eigenvalue weighted by Crippen LogP contribution is 2.43. The molecular formula is C35H60O. The van der Waals surface area contributed by atoms with Crippen LogP contribution in [0.5, 0.6) is 0 Å². The van der Waals surface area contributed by atoms with Gasteiger partial charge in [-0.1, -0.05) is 75.3 Å². The minimum atomic E-state index is 0.135. The Morgan fingerprint density at radius 1 is 0.750 bits per heavy atom. The maximum absolute atomic E-state index is 9.40. The van der Waals surface area contributed by atoms with E-state index in [9.17, 15) is 5.11 Å². The highest BCUT2D eigenvalue weighted by Gasteiger charge is 2.30. The Morgan fingerprint density at radius 3 is 1.78 bits per heavy atom. The van der Waals surface area contributed by atoms with Gasteiger partial charge in [0.15, 0.2) is 0 Å². The topological polar surface area (TPSA) is 20.2 Å². The Bertz CT molecular complexity index is 650. The molecule has 0 bridgehead atoms. The lowest BCUT2D eigenvalue weighted by atomic mass is 9.68. The molecule has 0 aliphatic heterocycles. The maximum Gasteiger partial charge on any atom is 0.0639 e. The lowest BCUT2D eigenvalue weighted by Gasteiger charge is -2.38. The van der Waals surface area contributed by atoms with Crippen LogP contribution >= 0.6 is 0 Å². The third-order valence-corrected chi connectivity index (χ3v) is 10.3. The second kappa shape index (κ2) is 16.2. The zero-order valence-corrected chi connectivity index (χ0v) is 24.2. The summed E-state index contributed by atoms with van der Waals surface area (Å²) in [5, 5.41) is 9.40. The summed E-state index contributed by atoms with van der Waals surface area (Å²) in [4.78, 5) is 0. The number of aliphatic hydroxyl groups excluding tert-OH is 1. The summed E-state index contributed by atoms with van der Waals surface area (Å²) in [6.07, 6.45) is 31.9. The van der Waals surface area contributed by atoms with Gasteiger partial charge in [-0.2, -0.15) is 0 Å².